The zero-order valence-electron chi connectivity index (χ0n) is 7.54. The Morgan fingerprint density at radius 3 is 2.47 bits per heavy atom. The van der Waals surface area contributed by atoms with Crippen molar-refractivity contribution >= 4 is 21.6 Å². The minimum atomic E-state index is -4.24. The molecule has 0 unspecified atom stereocenters. The summed E-state index contributed by atoms with van der Waals surface area (Å²) >= 11 is 5.54. The maximum Gasteiger partial charge on any atom is 0.266 e. The molecule has 4 nitrogen and oxygen atoms in total. The molecule has 1 aromatic rings. The van der Waals surface area contributed by atoms with E-state index in [0.717, 1.165) is 6.20 Å². The standard InChI is InChI=1S/C7H7ClF2N2O2S/c1-3-6(8)5(7(9)10)4(2-12-3)15(11,13)14/h2,7H,1H3,(H2,11,13,14). The van der Waals surface area contributed by atoms with Crippen LogP contribution >= 0.6 is 11.6 Å². The van der Waals surface area contributed by atoms with Crippen molar-refractivity contribution in [2.24, 2.45) is 5.14 Å². The highest BCUT2D eigenvalue weighted by molar-refractivity contribution is 7.89. The number of alkyl halides is 2. The quantitative estimate of drug-likeness (QED) is 0.874. The molecule has 0 aliphatic heterocycles. The Balaban J connectivity index is 3.62. The van der Waals surface area contributed by atoms with Crippen LogP contribution in [0.2, 0.25) is 5.02 Å². The summed E-state index contributed by atoms with van der Waals surface area (Å²) in [6.45, 7) is 1.39. The third kappa shape index (κ3) is 2.42. The van der Waals surface area contributed by atoms with Crippen LogP contribution in [-0.2, 0) is 10.0 Å². The van der Waals surface area contributed by atoms with Gasteiger partial charge < -0.3 is 0 Å². The highest BCUT2D eigenvalue weighted by atomic mass is 35.5. The fourth-order valence-electron chi connectivity index (χ4n) is 1.01. The summed E-state index contributed by atoms with van der Waals surface area (Å²) in [5.41, 5.74) is -0.675. The molecule has 2 N–H and O–H groups in total. The van der Waals surface area contributed by atoms with Crippen molar-refractivity contribution in [3.05, 3.63) is 22.5 Å². The number of aromatic nitrogens is 1. The molecule has 0 radical (unpaired) electrons. The van der Waals surface area contributed by atoms with Gasteiger partial charge in [0.25, 0.3) is 6.43 Å². The Bertz CT molecular complexity index is 490. The number of nitrogens with two attached hydrogens (primary N) is 1. The van der Waals surface area contributed by atoms with Crippen LogP contribution in [0.25, 0.3) is 0 Å². The second kappa shape index (κ2) is 3.99. The first-order valence-electron chi connectivity index (χ1n) is 3.71. The van der Waals surface area contributed by atoms with Crippen molar-refractivity contribution in [1.82, 2.24) is 4.98 Å². The molecule has 0 amide bonds. The number of primary sulfonamides is 1. The van der Waals surface area contributed by atoms with Crippen molar-refractivity contribution in [3.8, 4) is 0 Å². The molecule has 0 aliphatic rings. The molecule has 0 aliphatic carbocycles. The number of nitrogens with zero attached hydrogens (tertiary/aromatic N) is 1. The molecule has 0 aromatic carbocycles. The lowest BCUT2D eigenvalue weighted by Gasteiger charge is -2.09. The highest BCUT2D eigenvalue weighted by Crippen LogP contribution is 2.33. The van der Waals surface area contributed by atoms with Crippen LogP contribution in [0.3, 0.4) is 0 Å². The predicted octanol–water partition coefficient (Wildman–Crippen LogP) is 1.63. The number of halogens is 3. The molecular formula is C7H7ClF2N2O2S. The van der Waals surface area contributed by atoms with E-state index < -0.39 is 26.9 Å². The van der Waals surface area contributed by atoms with Gasteiger partial charge in [-0.25, -0.2) is 22.3 Å². The van der Waals surface area contributed by atoms with Crippen LogP contribution in [0.15, 0.2) is 11.1 Å². The smallest absolute Gasteiger partial charge is 0.259 e. The topological polar surface area (TPSA) is 73.0 Å². The fraction of sp³-hybridized carbons (Fsp3) is 0.286. The molecule has 1 heterocycles. The molecule has 0 fully saturated rings. The average Bonchev–Trinajstić information content (AvgIpc) is 2.06. The summed E-state index contributed by atoms with van der Waals surface area (Å²) in [6.07, 6.45) is -2.24. The summed E-state index contributed by atoms with van der Waals surface area (Å²) in [5, 5.41) is 4.38. The lowest BCUT2D eigenvalue weighted by atomic mass is 10.2. The van der Waals surface area contributed by atoms with E-state index in [2.05, 4.69) is 4.98 Å². The van der Waals surface area contributed by atoms with Crippen molar-refractivity contribution in [3.63, 3.8) is 0 Å². The number of hydrogen-bond donors (Lipinski definition) is 1. The van der Waals surface area contributed by atoms with Gasteiger partial charge in [-0.15, -0.1) is 0 Å². The highest BCUT2D eigenvalue weighted by Gasteiger charge is 2.25. The van der Waals surface area contributed by atoms with Gasteiger partial charge in [0.2, 0.25) is 10.0 Å². The second-order valence-electron chi connectivity index (χ2n) is 2.78. The van der Waals surface area contributed by atoms with Gasteiger partial charge in [-0.05, 0) is 6.92 Å². The van der Waals surface area contributed by atoms with Crippen LogP contribution in [0.1, 0.15) is 17.7 Å². The minimum absolute atomic E-state index is 0.124. The summed E-state index contributed by atoms with van der Waals surface area (Å²) in [7, 11) is -4.24. The van der Waals surface area contributed by atoms with Gasteiger partial charge in [-0.1, -0.05) is 11.6 Å². The van der Waals surface area contributed by atoms with Crippen LogP contribution in [0.5, 0.6) is 0 Å². The number of sulfonamides is 1. The number of aryl methyl sites for hydroxylation is 1. The Morgan fingerprint density at radius 2 is 2.07 bits per heavy atom. The molecule has 0 saturated heterocycles. The van der Waals surface area contributed by atoms with Gasteiger partial charge in [-0.2, -0.15) is 0 Å². The first-order chi connectivity index (χ1) is 6.75. The first kappa shape index (κ1) is 12.3. The van der Waals surface area contributed by atoms with E-state index in [9.17, 15) is 17.2 Å². The molecule has 0 atom stereocenters. The monoisotopic (exact) mass is 256 g/mol. The van der Waals surface area contributed by atoms with E-state index in [1.165, 1.54) is 6.92 Å². The first-order valence-corrected chi connectivity index (χ1v) is 5.63. The molecule has 15 heavy (non-hydrogen) atoms. The van der Waals surface area contributed by atoms with Crippen molar-refractivity contribution in [1.29, 1.82) is 0 Å². The van der Waals surface area contributed by atoms with Crippen LogP contribution in [-0.4, -0.2) is 13.4 Å². The lowest BCUT2D eigenvalue weighted by molar-refractivity contribution is 0.148. The molecule has 0 bridgehead atoms. The van der Waals surface area contributed by atoms with E-state index in [1.54, 1.807) is 0 Å². The average molecular weight is 257 g/mol. The number of hydrogen-bond acceptors (Lipinski definition) is 3. The lowest BCUT2D eigenvalue weighted by Crippen LogP contribution is -2.16. The largest absolute Gasteiger partial charge is 0.266 e. The zero-order valence-corrected chi connectivity index (χ0v) is 9.11. The van der Waals surface area contributed by atoms with E-state index in [0.29, 0.717) is 0 Å². The molecule has 84 valence electrons. The summed E-state index contributed by atoms with van der Waals surface area (Å²) in [4.78, 5) is 2.82. The molecule has 1 rings (SSSR count). The fourth-order valence-corrected chi connectivity index (χ4v) is 2.00. The molecule has 1 aromatic heterocycles. The van der Waals surface area contributed by atoms with Crippen molar-refractivity contribution in [2.75, 3.05) is 0 Å². The van der Waals surface area contributed by atoms with Crippen LogP contribution < -0.4 is 5.14 Å². The third-order valence-corrected chi connectivity index (χ3v) is 3.14. The predicted molar refractivity (Wildman–Crippen MR) is 50.3 cm³/mol. The maximum absolute atomic E-state index is 12.6. The van der Waals surface area contributed by atoms with Gasteiger partial charge in [0.05, 0.1) is 16.3 Å². The SMILES string of the molecule is Cc1ncc(S(N)(=O)=O)c(C(F)F)c1Cl. The van der Waals surface area contributed by atoms with Gasteiger partial charge in [-0.3, -0.25) is 4.98 Å². The number of rotatable bonds is 2. The molecule has 0 saturated carbocycles. The van der Waals surface area contributed by atoms with Gasteiger partial charge in [0, 0.05) is 6.20 Å². The molecule has 8 heteroatoms. The van der Waals surface area contributed by atoms with Crippen molar-refractivity contribution in [2.45, 2.75) is 18.2 Å². The Kier molecular flexibility index (Phi) is 3.27. The van der Waals surface area contributed by atoms with E-state index in [4.69, 9.17) is 16.7 Å². The molecule has 0 spiro atoms. The minimum Gasteiger partial charge on any atom is -0.259 e. The second-order valence-corrected chi connectivity index (χ2v) is 4.69. The van der Waals surface area contributed by atoms with E-state index in [-0.39, 0.29) is 10.7 Å². The van der Waals surface area contributed by atoms with E-state index in [1.807, 2.05) is 0 Å². The van der Waals surface area contributed by atoms with Crippen LogP contribution in [0.4, 0.5) is 8.78 Å². The summed E-state index contributed by atoms with van der Waals surface area (Å²) < 4.78 is 47.1. The maximum atomic E-state index is 12.6. The van der Waals surface area contributed by atoms with Gasteiger partial charge in [0.15, 0.2) is 0 Å². The zero-order chi connectivity index (χ0) is 11.8. The van der Waals surface area contributed by atoms with Gasteiger partial charge in [0.1, 0.15) is 4.90 Å². The molecular weight excluding hydrogens is 250 g/mol. The third-order valence-electron chi connectivity index (χ3n) is 1.72. The van der Waals surface area contributed by atoms with Crippen molar-refractivity contribution < 1.29 is 17.2 Å². The van der Waals surface area contributed by atoms with Gasteiger partial charge >= 0.3 is 0 Å². The summed E-state index contributed by atoms with van der Waals surface area (Å²) in [5.74, 6) is 0. The summed E-state index contributed by atoms with van der Waals surface area (Å²) in [6, 6.07) is 0. The van der Waals surface area contributed by atoms with Crippen LogP contribution in [0, 0.1) is 6.92 Å². The number of pyridine rings is 1. The normalized spacial score (nSPS) is 12.1. The van der Waals surface area contributed by atoms with E-state index >= 15 is 0 Å². The Labute approximate surface area is 90.1 Å². The Morgan fingerprint density at radius 1 is 1.53 bits per heavy atom. The Hall–Kier alpha value is -0.790.